The normalized spacial score (nSPS) is 30.0. The van der Waals surface area contributed by atoms with E-state index in [4.69, 9.17) is 4.52 Å². The Labute approximate surface area is 106 Å². The van der Waals surface area contributed by atoms with Crippen molar-refractivity contribution in [2.24, 2.45) is 0 Å². The number of rotatable bonds is 2. The molecule has 1 aliphatic heterocycles. The van der Waals surface area contributed by atoms with Gasteiger partial charge in [-0.2, -0.15) is 17.7 Å². The Balaban J connectivity index is 3.27. The van der Waals surface area contributed by atoms with Gasteiger partial charge in [-0.15, -0.1) is 0 Å². The van der Waals surface area contributed by atoms with Crippen LogP contribution in [-0.4, -0.2) is 18.4 Å². The Morgan fingerprint density at radius 2 is 2.00 bits per heavy atom. The first-order valence-electron chi connectivity index (χ1n) is 4.48. The molecule has 1 rings (SSSR count). The minimum Gasteiger partial charge on any atom is -0.627 e. The van der Waals surface area contributed by atoms with E-state index in [2.05, 4.69) is 4.52 Å². The van der Waals surface area contributed by atoms with Crippen molar-refractivity contribution in [1.29, 1.82) is 0 Å². The summed E-state index contributed by atoms with van der Waals surface area (Å²) in [7, 11) is -4.23. The van der Waals surface area contributed by atoms with E-state index in [9.17, 15) is 18.1 Å². The van der Waals surface area contributed by atoms with Crippen LogP contribution in [0.25, 0.3) is 0 Å². The summed E-state index contributed by atoms with van der Waals surface area (Å²) in [6, 6.07) is 0. The highest BCUT2D eigenvalue weighted by molar-refractivity contribution is 14.1. The molecule has 0 bridgehead atoms. The lowest BCUT2D eigenvalue weighted by atomic mass is 10.1. The molecule has 0 saturated carbocycles. The highest BCUT2D eigenvalue weighted by atomic mass is 127. The fraction of sp³-hybridized carbons (Fsp3) is 0.750. The predicted molar refractivity (Wildman–Crippen MR) is 60.8 cm³/mol. The Morgan fingerprint density at radius 1 is 1.50 bits per heavy atom. The summed E-state index contributed by atoms with van der Waals surface area (Å²) in [6.07, 6.45) is -4.70. The molecule has 0 aromatic heterocycles. The van der Waals surface area contributed by atoms with Gasteiger partial charge in [0, 0.05) is 0 Å². The maximum atomic E-state index is 12.8. The number of hydrogen-bond donors (Lipinski definition) is 0. The molecule has 1 atom stereocenters. The zero-order valence-electron chi connectivity index (χ0n) is 8.89. The molecule has 1 heterocycles. The lowest BCUT2D eigenvalue weighted by molar-refractivity contribution is -0.223. The summed E-state index contributed by atoms with van der Waals surface area (Å²) in [5, 5.41) is -1.17. The van der Waals surface area contributed by atoms with E-state index in [1.54, 1.807) is 0 Å². The summed E-state index contributed by atoms with van der Waals surface area (Å²) in [5.41, 5.74) is -1.23. The number of allylic oxidation sites excluding steroid dienone is 1. The van der Waals surface area contributed by atoms with Gasteiger partial charge in [-0.3, -0.25) is 0 Å². The van der Waals surface area contributed by atoms with Gasteiger partial charge in [-0.25, -0.2) is 4.52 Å². The molecule has 0 N–H and O–H groups in total. The standard InChI is InChI=1S/C8H11F3IO3P/c1-4-14-16(13)6(8(9,10)11)5(12)7(2,3)15-16/h4H2,1-3H3. The van der Waals surface area contributed by atoms with Crippen molar-refractivity contribution in [3.63, 3.8) is 0 Å². The average Bonchev–Trinajstić information content (AvgIpc) is 2.16. The van der Waals surface area contributed by atoms with Gasteiger partial charge in [0.2, 0.25) is 5.31 Å². The van der Waals surface area contributed by atoms with Crippen LogP contribution in [-0.2, 0) is 9.05 Å². The van der Waals surface area contributed by atoms with Gasteiger partial charge < -0.3 is 4.89 Å². The zero-order chi connectivity index (χ0) is 12.8. The maximum absolute atomic E-state index is 12.8. The number of hydrogen-bond acceptors (Lipinski definition) is 3. The van der Waals surface area contributed by atoms with Crippen molar-refractivity contribution in [1.82, 2.24) is 0 Å². The number of alkyl halides is 3. The minimum atomic E-state index is -4.70. The predicted octanol–water partition coefficient (Wildman–Crippen LogP) is 3.16. The van der Waals surface area contributed by atoms with Crippen LogP contribution in [0, 0.1) is 0 Å². The quantitative estimate of drug-likeness (QED) is 0.554. The summed E-state index contributed by atoms with van der Waals surface area (Å²) in [4.78, 5) is 12.0. The van der Waals surface area contributed by atoms with Gasteiger partial charge in [0.05, 0.1) is 10.2 Å². The summed E-state index contributed by atoms with van der Waals surface area (Å²) in [6.45, 7) is 4.23. The van der Waals surface area contributed by atoms with Gasteiger partial charge in [-0.1, -0.05) is 0 Å². The van der Waals surface area contributed by atoms with Crippen molar-refractivity contribution in [3.05, 3.63) is 8.89 Å². The van der Waals surface area contributed by atoms with Crippen LogP contribution in [0.15, 0.2) is 8.89 Å². The summed E-state index contributed by atoms with van der Waals surface area (Å²) in [5.74, 6) is 0. The highest BCUT2D eigenvalue weighted by Crippen LogP contribution is 2.74. The van der Waals surface area contributed by atoms with Gasteiger partial charge >= 0.3 is 6.18 Å². The Bertz CT molecular complexity index is 329. The van der Waals surface area contributed by atoms with E-state index in [1.807, 2.05) is 0 Å². The van der Waals surface area contributed by atoms with Crippen LogP contribution < -0.4 is 4.89 Å². The average molecular weight is 370 g/mol. The second-order valence-corrected chi connectivity index (χ2v) is 6.64. The molecule has 1 aliphatic rings. The van der Waals surface area contributed by atoms with Crippen LogP contribution in [0.5, 0.6) is 0 Å². The molecule has 0 fully saturated rings. The van der Waals surface area contributed by atoms with Crippen LogP contribution in [0.1, 0.15) is 20.8 Å². The molecule has 8 heteroatoms. The van der Waals surface area contributed by atoms with Gasteiger partial charge in [0.1, 0.15) is 5.60 Å². The molecule has 0 aliphatic carbocycles. The molecule has 0 amide bonds. The molecule has 0 saturated heterocycles. The summed E-state index contributed by atoms with van der Waals surface area (Å²) >= 11 is 1.51. The van der Waals surface area contributed by atoms with Crippen LogP contribution in [0.3, 0.4) is 0 Å². The van der Waals surface area contributed by atoms with Crippen molar-refractivity contribution < 1.29 is 27.1 Å². The summed E-state index contributed by atoms with van der Waals surface area (Å²) < 4.78 is 47.9. The minimum absolute atomic E-state index is 0.100. The number of halogens is 4. The molecule has 0 aromatic rings. The molecule has 0 spiro atoms. The molecule has 0 radical (unpaired) electrons. The smallest absolute Gasteiger partial charge is 0.455 e. The van der Waals surface area contributed by atoms with Crippen molar-refractivity contribution >= 4 is 30.5 Å². The van der Waals surface area contributed by atoms with Crippen molar-refractivity contribution in [2.45, 2.75) is 32.5 Å². The lowest BCUT2D eigenvalue weighted by Gasteiger charge is -2.27. The molecule has 1 unspecified atom stereocenters. The van der Waals surface area contributed by atoms with E-state index < -0.39 is 25.0 Å². The second-order valence-electron chi connectivity index (χ2n) is 3.68. The van der Waals surface area contributed by atoms with Crippen LogP contribution in [0.2, 0.25) is 0 Å². The third-order valence-corrected chi connectivity index (χ3v) is 6.51. The van der Waals surface area contributed by atoms with E-state index in [-0.39, 0.29) is 10.2 Å². The molecular weight excluding hydrogens is 359 g/mol. The maximum Gasteiger partial charge on any atom is 0.455 e. The zero-order valence-corrected chi connectivity index (χ0v) is 11.9. The SMILES string of the molecule is CCO[P+]1([O-])OC(C)(C)C(I)=C1C(F)(F)F. The molecule has 3 nitrogen and oxygen atoms in total. The molecule has 0 aromatic carbocycles. The third kappa shape index (κ3) is 2.53. The Kier molecular flexibility index (Phi) is 3.98. The van der Waals surface area contributed by atoms with Crippen molar-refractivity contribution in [3.8, 4) is 0 Å². The lowest BCUT2D eigenvalue weighted by Crippen LogP contribution is -2.24. The van der Waals surface area contributed by atoms with E-state index in [0.717, 1.165) is 0 Å². The largest absolute Gasteiger partial charge is 0.627 e. The first-order chi connectivity index (χ1) is 7.04. The Morgan fingerprint density at radius 3 is 2.38 bits per heavy atom. The van der Waals surface area contributed by atoms with Crippen molar-refractivity contribution in [2.75, 3.05) is 6.61 Å². The first kappa shape index (κ1) is 14.6. The van der Waals surface area contributed by atoms with E-state index >= 15 is 0 Å². The molecule has 94 valence electrons. The topological polar surface area (TPSA) is 41.5 Å². The monoisotopic (exact) mass is 370 g/mol. The third-order valence-electron chi connectivity index (χ3n) is 1.93. The van der Waals surface area contributed by atoms with Crippen LogP contribution >= 0.6 is 30.5 Å². The molecular formula is C8H11F3IO3P. The van der Waals surface area contributed by atoms with Crippen LogP contribution in [0.4, 0.5) is 13.2 Å². The first-order valence-corrected chi connectivity index (χ1v) is 7.10. The van der Waals surface area contributed by atoms with Gasteiger partial charge in [-0.05, 0) is 43.4 Å². The fourth-order valence-electron chi connectivity index (χ4n) is 1.33. The second kappa shape index (κ2) is 4.35. The van der Waals surface area contributed by atoms with E-state index in [1.165, 1.54) is 43.4 Å². The highest BCUT2D eigenvalue weighted by Gasteiger charge is 2.63. The Hall–Kier alpha value is 0.570. The molecule has 16 heavy (non-hydrogen) atoms. The fourth-order valence-corrected chi connectivity index (χ4v) is 4.93. The van der Waals surface area contributed by atoms with E-state index in [0.29, 0.717) is 0 Å². The van der Waals surface area contributed by atoms with Gasteiger partial charge in [0.15, 0.2) is 0 Å². The van der Waals surface area contributed by atoms with Gasteiger partial charge in [0.25, 0.3) is 7.94 Å².